The Kier molecular flexibility index (Phi) is 5.96. The fourth-order valence-electron chi connectivity index (χ4n) is 3.14. The molecule has 1 atom stereocenters. The molecule has 1 fully saturated rings. The maximum absolute atomic E-state index is 12.8. The van der Waals surface area contributed by atoms with Gasteiger partial charge in [-0.05, 0) is 49.2 Å². The Morgan fingerprint density at radius 2 is 1.93 bits per heavy atom. The Morgan fingerprint density at radius 3 is 2.56 bits per heavy atom. The van der Waals surface area contributed by atoms with Gasteiger partial charge in [0.25, 0.3) is 5.91 Å². The normalized spacial score (nSPS) is 16.7. The lowest BCUT2D eigenvalue weighted by Crippen LogP contribution is -2.43. The van der Waals surface area contributed by atoms with Crippen molar-refractivity contribution in [2.75, 3.05) is 37.4 Å². The highest BCUT2D eigenvalue weighted by molar-refractivity contribution is 6.30. The summed E-state index contributed by atoms with van der Waals surface area (Å²) in [7, 11) is 3.92. The molecule has 3 rings (SSSR count). The zero-order chi connectivity index (χ0) is 19.4. The second kappa shape index (κ2) is 8.39. The number of amides is 2. The number of anilines is 2. The fraction of sp³-hybridized carbons (Fsp3) is 0.350. The molecule has 2 heterocycles. The van der Waals surface area contributed by atoms with Gasteiger partial charge in [-0.2, -0.15) is 0 Å². The van der Waals surface area contributed by atoms with Crippen LogP contribution in [0, 0.1) is 5.92 Å². The summed E-state index contributed by atoms with van der Waals surface area (Å²) in [5, 5.41) is 3.32. The van der Waals surface area contributed by atoms with Crippen molar-refractivity contribution in [1.82, 2.24) is 9.88 Å². The van der Waals surface area contributed by atoms with E-state index in [1.165, 1.54) is 6.20 Å². The van der Waals surface area contributed by atoms with Crippen molar-refractivity contribution in [1.29, 1.82) is 0 Å². The molecule has 0 aliphatic carbocycles. The minimum atomic E-state index is -0.249. The molecule has 1 aromatic heterocycles. The van der Waals surface area contributed by atoms with E-state index >= 15 is 0 Å². The number of nitrogens with one attached hydrogen (secondary N) is 1. The van der Waals surface area contributed by atoms with Crippen LogP contribution in [0.5, 0.6) is 0 Å². The number of hydrogen-bond acceptors (Lipinski definition) is 4. The van der Waals surface area contributed by atoms with E-state index in [4.69, 9.17) is 11.6 Å². The van der Waals surface area contributed by atoms with Gasteiger partial charge in [0.15, 0.2) is 0 Å². The number of aromatic nitrogens is 1. The van der Waals surface area contributed by atoms with Crippen LogP contribution in [0.15, 0.2) is 42.6 Å². The van der Waals surface area contributed by atoms with Crippen molar-refractivity contribution >= 4 is 34.9 Å². The Hall–Kier alpha value is -2.60. The van der Waals surface area contributed by atoms with Gasteiger partial charge in [-0.25, -0.2) is 4.98 Å². The number of piperidine rings is 1. The Bertz CT molecular complexity index is 806. The summed E-state index contributed by atoms with van der Waals surface area (Å²) in [6.45, 7) is 1.07. The van der Waals surface area contributed by atoms with Gasteiger partial charge in [0, 0.05) is 44.6 Å². The molecule has 27 heavy (non-hydrogen) atoms. The maximum Gasteiger partial charge on any atom is 0.253 e. The zero-order valence-electron chi connectivity index (χ0n) is 15.5. The van der Waals surface area contributed by atoms with Gasteiger partial charge >= 0.3 is 0 Å². The fourth-order valence-corrected chi connectivity index (χ4v) is 3.25. The van der Waals surface area contributed by atoms with E-state index in [-0.39, 0.29) is 17.7 Å². The predicted octanol–water partition coefficient (Wildman–Crippen LogP) is 3.29. The highest BCUT2D eigenvalue weighted by Gasteiger charge is 2.29. The molecule has 1 aliphatic heterocycles. The molecular formula is C20H23ClN4O2. The molecule has 2 aromatic rings. The number of carbonyl (C=O) groups is 2. The number of hydrogen-bond donors (Lipinski definition) is 1. The standard InChI is InChI=1S/C20H23ClN4O2/c1-24(2)17-8-5-14(6-9-17)20(27)25-11-3-4-15(13-25)19(26)23-18-10-7-16(21)12-22-18/h5-10,12,15H,3-4,11,13H2,1-2H3,(H,22,23,26). The van der Waals surface area contributed by atoms with Crippen LogP contribution < -0.4 is 10.2 Å². The summed E-state index contributed by atoms with van der Waals surface area (Å²) in [6, 6.07) is 10.9. The number of nitrogens with zero attached hydrogens (tertiary/aromatic N) is 3. The third-order valence-electron chi connectivity index (χ3n) is 4.69. The first kappa shape index (κ1) is 19.2. The van der Waals surface area contributed by atoms with E-state index < -0.39 is 0 Å². The monoisotopic (exact) mass is 386 g/mol. The van der Waals surface area contributed by atoms with E-state index in [0.29, 0.717) is 29.5 Å². The summed E-state index contributed by atoms with van der Waals surface area (Å²) < 4.78 is 0. The second-order valence-electron chi connectivity index (χ2n) is 6.88. The summed E-state index contributed by atoms with van der Waals surface area (Å²) in [4.78, 5) is 33.2. The lowest BCUT2D eigenvalue weighted by Gasteiger charge is -2.32. The van der Waals surface area contributed by atoms with Crippen molar-refractivity contribution in [3.8, 4) is 0 Å². The summed E-state index contributed by atoms with van der Waals surface area (Å²) >= 11 is 5.81. The summed E-state index contributed by atoms with van der Waals surface area (Å²) in [5.41, 5.74) is 1.68. The van der Waals surface area contributed by atoms with Crippen LogP contribution in [0.3, 0.4) is 0 Å². The number of benzene rings is 1. The van der Waals surface area contributed by atoms with Crippen LogP contribution in [0.4, 0.5) is 11.5 Å². The van der Waals surface area contributed by atoms with Gasteiger partial charge in [0.2, 0.25) is 5.91 Å². The third-order valence-corrected chi connectivity index (χ3v) is 4.91. The number of likely N-dealkylation sites (tertiary alicyclic amines) is 1. The van der Waals surface area contributed by atoms with E-state index in [1.54, 1.807) is 17.0 Å². The van der Waals surface area contributed by atoms with Crippen molar-refractivity contribution < 1.29 is 9.59 Å². The Balaban J connectivity index is 1.63. The van der Waals surface area contributed by atoms with Crippen molar-refractivity contribution in [3.63, 3.8) is 0 Å². The van der Waals surface area contributed by atoms with Gasteiger partial charge in [-0.1, -0.05) is 11.6 Å². The van der Waals surface area contributed by atoms with Gasteiger partial charge < -0.3 is 15.1 Å². The molecule has 0 radical (unpaired) electrons. The first-order valence-electron chi connectivity index (χ1n) is 8.93. The molecule has 7 heteroatoms. The number of halogens is 1. The van der Waals surface area contributed by atoms with Crippen LogP contribution >= 0.6 is 11.6 Å². The molecule has 1 saturated heterocycles. The molecular weight excluding hydrogens is 364 g/mol. The minimum Gasteiger partial charge on any atom is -0.378 e. The van der Waals surface area contributed by atoms with Crippen molar-refractivity contribution in [3.05, 3.63) is 53.2 Å². The first-order chi connectivity index (χ1) is 12.9. The summed E-state index contributed by atoms with van der Waals surface area (Å²) in [5.74, 6) is 0.0565. The van der Waals surface area contributed by atoms with Gasteiger partial charge in [0.1, 0.15) is 5.82 Å². The number of rotatable bonds is 4. The topological polar surface area (TPSA) is 65.5 Å². The molecule has 0 saturated carbocycles. The number of carbonyl (C=O) groups excluding carboxylic acids is 2. The lowest BCUT2D eigenvalue weighted by molar-refractivity contribution is -0.121. The van der Waals surface area contributed by atoms with Crippen LogP contribution in [0.2, 0.25) is 5.02 Å². The van der Waals surface area contributed by atoms with Crippen LogP contribution in [0.25, 0.3) is 0 Å². The molecule has 1 unspecified atom stereocenters. The molecule has 0 bridgehead atoms. The number of pyridine rings is 1. The smallest absolute Gasteiger partial charge is 0.253 e. The average Bonchev–Trinajstić information content (AvgIpc) is 2.69. The molecule has 1 aromatic carbocycles. The highest BCUT2D eigenvalue weighted by atomic mass is 35.5. The lowest BCUT2D eigenvalue weighted by atomic mass is 9.96. The predicted molar refractivity (Wildman–Crippen MR) is 107 cm³/mol. The van der Waals surface area contributed by atoms with E-state index in [1.807, 2.05) is 43.3 Å². The Morgan fingerprint density at radius 1 is 1.19 bits per heavy atom. The van der Waals surface area contributed by atoms with E-state index in [2.05, 4.69) is 10.3 Å². The highest BCUT2D eigenvalue weighted by Crippen LogP contribution is 2.21. The maximum atomic E-state index is 12.8. The molecule has 1 aliphatic rings. The van der Waals surface area contributed by atoms with Crippen LogP contribution in [-0.2, 0) is 4.79 Å². The molecule has 142 valence electrons. The summed E-state index contributed by atoms with van der Waals surface area (Å²) in [6.07, 6.45) is 3.04. The van der Waals surface area contributed by atoms with E-state index in [9.17, 15) is 9.59 Å². The quantitative estimate of drug-likeness (QED) is 0.875. The SMILES string of the molecule is CN(C)c1ccc(C(=O)N2CCCC(C(=O)Nc3ccc(Cl)cn3)C2)cc1. The molecule has 0 spiro atoms. The second-order valence-corrected chi connectivity index (χ2v) is 7.32. The third kappa shape index (κ3) is 4.77. The Labute approximate surface area is 164 Å². The van der Waals surface area contributed by atoms with Crippen molar-refractivity contribution in [2.24, 2.45) is 5.92 Å². The largest absolute Gasteiger partial charge is 0.378 e. The molecule has 1 N–H and O–H groups in total. The van der Waals surface area contributed by atoms with Crippen LogP contribution in [0.1, 0.15) is 23.2 Å². The average molecular weight is 387 g/mol. The first-order valence-corrected chi connectivity index (χ1v) is 9.31. The van der Waals surface area contributed by atoms with Gasteiger partial charge in [0.05, 0.1) is 10.9 Å². The molecule has 2 amide bonds. The zero-order valence-corrected chi connectivity index (χ0v) is 16.2. The van der Waals surface area contributed by atoms with Gasteiger partial charge in [-0.15, -0.1) is 0 Å². The van der Waals surface area contributed by atoms with E-state index in [0.717, 1.165) is 18.5 Å². The molecule has 6 nitrogen and oxygen atoms in total. The van der Waals surface area contributed by atoms with Crippen molar-refractivity contribution in [2.45, 2.75) is 12.8 Å². The van der Waals surface area contributed by atoms with Crippen LogP contribution in [-0.4, -0.2) is 48.9 Å². The minimum absolute atomic E-state index is 0.0394. The van der Waals surface area contributed by atoms with Gasteiger partial charge in [-0.3, -0.25) is 9.59 Å².